The molecular weight excluding hydrogens is 955 g/mol. The number of carbonyl (C=O) groups is 4. The van der Waals surface area contributed by atoms with E-state index in [-0.39, 0.29) is 42.2 Å². The van der Waals surface area contributed by atoms with E-state index in [0.717, 1.165) is 47.1 Å². The fourth-order valence-corrected chi connectivity index (χ4v) is 11.1. The molecule has 0 spiro atoms. The number of amides is 3. The molecule has 4 heterocycles. The first-order valence-electron chi connectivity index (χ1n) is 26.6. The third-order valence-corrected chi connectivity index (χ3v) is 20.0. The number of unbranched alkanes of at least 4 members (excludes halogenated alkanes) is 2. The molecule has 0 bridgehead atoms. The number of hydrogen-bond acceptors (Lipinski definition) is 11. The van der Waals surface area contributed by atoms with Crippen LogP contribution in [-0.4, -0.2) is 96.7 Å². The molecule has 2 aromatic heterocycles. The predicted octanol–water partition coefficient (Wildman–Crippen LogP) is 10.3. The number of rotatable bonds is 19. The Labute approximate surface area is 436 Å². The minimum absolute atomic E-state index is 0.0883. The second-order valence-corrected chi connectivity index (χ2v) is 27.3. The van der Waals surface area contributed by atoms with Crippen LogP contribution in [0.2, 0.25) is 18.1 Å². The minimum atomic E-state index is -2.32. The smallest absolute Gasteiger partial charge is 0.407 e. The van der Waals surface area contributed by atoms with Crippen molar-refractivity contribution < 1.29 is 42.2 Å². The van der Waals surface area contributed by atoms with Crippen molar-refractivity contribution >= 4 is 43.3 Å². The molecule has 2 aliphatic heterocycles. The molecular formula is C58H75N5O10Si. The van der Waals surface area contributed by atoms with Gasteiger partial charge in [-0.2, -0.15) is 4.98 Å². The molecule has 396 valence electrons. The number of esters is 1. The van der Waals surface area contributed by atoms with Gasteiger partial charge in [-0.1, -0.05) is 141 Å². The zero-order valence-electron chi connectivity index (χ0n) is 44.8. The highest BCUT2D eigenvalue weighted by atomic mass is 28.4. The Morgan fingerprint density at radius 3 is 2.16 bits per heavy atom. The highest BCUT2D eigenvalue weighted by molar-refractivity contribution is 6.74. The number of carbonyl (C=O) groups excluding carboxylic acids is 4. The lowest BCUT2D eigenvalue weighted by molar-refractivity contribution is -0.158. The van der Waals surface area contributed by atoms with E-state index in [1.807, 2.05) is 82.3 Å². The summed E-state index contributed by atoms with van der Waals surface area (Å²) in [5, 5.41) is 6.23. The summed E-state index contributed by atoms with van der Waals surface area (Å²) in [6, 6.07) is 23.3. The van der Waals surface area contributed by atoms with Crippen molar-refractivity contribution in [1.29, 1.82) is 0 Å². The lowest BCUT2D eigenvalue weighted by atomic mass is 9.98. The zero-order chi connectivity index (χ0) is 53.1. The van der Waals surface area contributed by atoms with Gasteiger partial charge in [0.05, 0.1) is 12.0 Å². The highest BCUT2D eigenvalue weighted by Crippen LogP contribution is 2.45. The van der Waals surface area contributed by atoms with Gasteiger partial charge >= 0.3 is 17.8 Å². The Morgan fingerprint density at radius 1 is 0.865 bits per heavy atom. The first kappa shape index (κ1) is 54.2. The second-order valence-electron chi connectivity index (χ2n) is 22.5. The maximum atomic E-state index is 14.4. The summed E-state index contributed by atoms with van der Waals surface area (Å²) in [7, 11) is -2.32. The molecule has 2 fully saturated rings. The number of likely N-dealkylation sites (tertiary alicyclic amines) is 1. The largest absolute Gasteiger partial charge is 0.458 e. The van der Waals surface area contributed by atoms with E-state index in [4.69, 9.17) is 23.1 Å². The molecule has 3 amide bonds. The molecule has 15 nitrogen and oxygen atoms in total. The number of benzene rings is 3. The van der Waals surface area contributed by atoms with Crippen LogP contribution < -0.4 is 16.3 Å². The van der Waals surface area contributed by atoms with Crippen LogP contribution in [0, 0.1) is 11.8 Å². The molecule has 0 saturated carbocycles. The summed E-state index contributed by atoms with van der Waals surface area (Å²) in [5.74, 6) is -1.88. The van der Waals surface area contributed by atoms with Crippen molar-refractivity contribution in [3.8, 4) is 22.5 Å². The topological polar surface area (TPSA) is 181 Å². The summed E-state index contributed by atoms with van der Waals surface area (Å²) in [6.07, 6.45) is 4.02. The van der Waals surface area contributed by atoms with E-state index in [2.05, 4.69) is 80.7 Å². The van der Waals surface area contributed by atoms with Gasteiger partial charge in [0, 0.05) is 30.6 Å². The summed E-state index contributed by atoms with van der Waals surface area (Å²) in [5.41, 5.74) is 6.11. The molecule has 5 aromatic rings. The third kappa shape index (κ3) is 11.9. The number of alkyl carbamates (subject to hydrolysis) is 1. The van der Waals surface area contributed by atoms with Gasteiger partial charge in [0.2, 0.25) is 17.5 Å². The predicted molar refractivity (Wildman–Crippen MR) is 287 cm³/mol. The number of ether oxygens (including phenoxy) is 3. The van der Waals surface area contributed by atoms with E-state index in [1.54, 1.807) is 6.20 Å². The molecule has 0 unspecified atom stereocenters. The first-order chi connectivity index (χ1) is 35.2. The van der Waals surface area contributed by atoms with Gasteiger partial charge < -0.3 is 38.6 Å². The molecule has 3 aromatic carbocycles. The van der Waals surface area contributed by atoms with Gasteiger partial charge in [-0.15, -0.1) is 0 Å². The van der Waals surface area contributed by atoms with Crippen molar-refractivity contribution in [2.75, 3.05) is 19.8 Å². The molecule has 3 aliphatic rings. The van der Waals surface area contributed by atoms with Crippen molar-refractivity contribution in [3.63, 3.8) is 0 Å². The van der Waals surface area contributed by atoms with Gasteiger partial charge in [-0.05, 0) is 89.5 Å². The van der Waals surface area contributed by atoms with Crippen LogP contribution in [0.4, 0.5) is 4.79 Å². The average Bonchev–Trinajstić information content (AvgIpc) is 4.18. The number of nitrogens with one attached hydrogen (secondary N) is 2. The Balaban J connectivity index is 0.936. The minimum Gasteiger partial charge on any atom is -0.458 e. The molecule has 74 heavy (non-hydrogen) atoms. The third-order valence-electron chi connectivity index (χ3n) is 15.5. The van der Waals surface area contributed by atoms with Gasteiger partial charge in [0.25, 0.3) is 0 Å². The summed E-state index contributed by atoms with van der Waals surface area (Å²) >= 11 is 0. The number of aromatic nitrogens is 2. The zero-order valence-corrected chi connectivity index (χ0v) is 45.8. The molecule has 2 N–H and O–H groups in total. The second kappa shape index (κ2) is 22.8. The Bertz CT molecular complexity index is 2820. The standard InChI is InChI=1S/C58H75N5O10Si/c1-11-12-13-19-37-25-27-38(28-26-37)46-30-39-32-63(56(67)61-53(39)72-46)49-31-47(48(71-49)34-70-74(9,10)58(6,7)8)73-55(66)51(36(4)5)59-52(64)45-24-18-29-62(45)54(65)50(35(2)3)60-57(68)69-33-44-42-22-16-14-20-40(42)41-21-15-17-23-43(41)44/h14-17,20-23,25-28,30,32,35-36,44-45,47-51H,11-13,18-19,24,29,31,33-34H2,1-10H3,(H,59,64)(H,60,68)/t45-,47-,48+,49+,50-,51-/m0/s1. The molecule has 2 saturated heterocycles. The van der Waals surface area contributed by atoms with E-state index >= 15 is 0 Å². The lowest BCUT2D eigenvalue weighted by Crippen LogP contribution is -2.57. The van der Waals surface area contributed by atoms with Crippen LogP contribution >= 0.6 is 0 Å². The van der Waals surface area contributed by atoms with Gasteiger partial charge in [0.15, 0.2) is 8.32 Å². The number of fused-ring (bicyclic) bond motifs is 4. The molecule has 6 atom stereocenters. The molecule has 0 radical (unpaired) electrons. The summed E-state index contributed by atoms with van der Waals surface area (Å²) < 4.78 is 32.8. The fourth-order valence-electron chi connectivity index (χ4n) is 10.1. The van der Waals surface area contributed by atoms with E-state index in [0.29, 0.717) is 30.5 Å². The van der Waals surface area contributed by atoms with Crippen molar-refractivity contribution in [2.45, 2.75) is 161 Å². The SMILES string of the molecule is CCCCCc1ccc(-c2cc3cn([C@H]4C[C@H](OC(=O)[C@@H](NC(=O)[C@@H]5CCCN5C(=O)[C@@H](NC(=O)OCC5c6ccccc6-c6ccccc65)C(C)C)C(C)C)[C@@H](CO[Si](C)(C)C(C)(C)C)O4)c(=O)nc3o2)cc1. The van der Waals surface area contributed by atoms with Crippen molar-refractivity contribution in [1.82, 2.24) is 25.1 Å². The normalized spacial score (nSPS) is 19.6. The van der Waals surface area contributed by atoms with E-state index in [9.17, 15) is 24.0 Å². The van der Waals surface area contributed by atoms with Crippen LogP contribution in [0.1, 0.15) is 123 Å². The molecule has 8 rings (SSSR count). The Morgan fingerprint density at radius 2 is 1.53 bits per heavy atom. The monoisotopic (exact) mass is 1030 g/mol. The average molecular weight is 1030 g/mol. The number of hydrogen-bond donors (Lipinski definition) is 2. The van der Waals surface area contributed by atoms with Crippen molar-refractivity contribution in [2.24, 2.45) is 11.8 Å². The molecule has 1 aliphatic carbocycles. The quantitative estimate of drug-likeness (QED) is 0.0456. The molecule has 16 heteroatoms. The van der Waals surface area contributed by atoms with E-state index < -0.39 is 80.4 Å². The maximum absolute atomic E-state index is 14.4. The maximum Gasteiger partial charge on any atom is 0.407 e. The van der Waals surface area contributed by atoms with Crippen LogP contribution in [0.15, 0.2) is 94.3 Å². The summed E-state index contributed by atoms with van der Waals surface area (Å²) in [4.78, 5) is 75.9. The lowest BCUT2D eigenvalue weighted by Gasteiger charge is -2.37. The highest BCUT2D eigenvalue weighted by Gasteiger charge is 2.46. The fraction of sp³-hybridized carbons (Fsp3) is 0.517. The van der Waals surface area contributed by atoms with Crippen LogP contribution in [0.25, 0.3) is 33.6 Å². The number of furan rings is 1. The Hall–Kier alpha value is -6.10. The van der Waals surface area contributed by atoms with E-state index in [1.165, 1.54) is 21.5 Å². The van der Waals surface area contributed by atoms with Crippen LogP contribution in [0.5, 0.6) is 0 Å². The number of aryl methyl sites for hydroxylation is 1. The van der Waals surface area contributed by atoms with Gasteiger partial charge in [0.1, 0.15) is 48.9 Å². The van der Waals surface area contributed by atoms with Gasteiger partial charge in [-0.3, -0.25) is 14.2 Å². The summed E-state index contributed by atoms with van der Waals surface area (Å²) in [6.45, 7) is 20.6. The van der Waals surface area contributed by atoms with Crippen LogP contribution in [-0.2, 0) is 39.4 Å². The number of nitrogens with zero attached hydrogens (tertiary/aromatic N) is 3. The van der Waals surface area contributed by atoms with Gasteiger partial charge in [-0.25, -0.2) is 14.4 Å². The Kier molecular flexibility index (Phi) is 16.7. The van der Waals surface area contributed by atoms with Crippen LogP contribution in [0.3, 0.4) is 0 Å². The van der Waals surface area contributed by atoms with Crippen molar-refractivity contribution in [3.05, 3.63) is 112 Å². The first-order valence-corrected chi connectivity index (χ1v) is 29.5.